The number of aliphatic hydroxyl groups is 1. The Morgan fingerprint density at radius 1 is 1.05 bits per heavy atom. The molecule has 0 saturated heterocycles. The molecule has 0 amide bonds. The first-order chi connectivity index (χ1) is 9.95. The molecule has 0 aliphatic carbocycles. The molecule has 4 nitrogen and oxygen atoms in total. The van der Waals surface area contributed by atoms with Crippen molar-refractivity contribution >= 4 is 10.9 Å². The summed E-state index contributed by atoms with van der Waals surface area (Å²) in [6.45, 7) is 3.47. The minimum Gasteiger partial charge on any atom is -0.386 e. The number of nitrogens with one attached hydrogen (secondary N) is 1. The third-order valence-electron chi connectivity index (χ3n) is 3.48. The molecule has 0 aliphatic rings. The fourth-order valence-electron chi connectivity index (χ4n) is 2.26. The van der Waals surface area contributed by atoms with E-state index in [4.69, 9.17) is 0 Å². The fraction of sp³-hybridized carbons (Fsp3) is 0.176. The highest BCUT2D eigenvalue weighted by Gasteiger charge is 2.15. The lowest BCUT2D eigenvalue weighted by atomic mass is 9.97. The maximum Gasteiger partial charge on any atom is 0.259 e. The first-order valence-electron chi connectivity index (χ1n) is 6.77. The molecule has 1 heterocycles. The highest BCUT2D eigenvalue weighted by Crippen LogP contribution is 2.23. The number of para-hydroxylation sites is 1. The van der Waals surface area contributed by atoms with Crippen LogP contribution in [0.1, 0.15) is 19.4 Å². The van der Waals surface area contributed by atoms with Gasteiger partial charge in [-0.3, -0.25) is 4.79 Å². The number of hydrogen-bond acceptors (Lipinski definition) is 3. The number of aromatic amines is 1. The van der Waals surface area contributed by atoms with Crippen LogP contribution in [0, 0.1) is 0 Å². The summed E-state index contributed by atoms with van der Waals surface area (Å²) < 4.78 is 0. The Hall–Kier alpha value is -2.46. The van der Waals surface area contributed by atoms with Crippen molar-refractivity contribution in [2.75, 3.05) is 0 Å². The van der Waals surface area contributed by atoms with Crippen molar-refractivity contribution in [3.05, 3.63) is 64.4 Å². The molecule has 0 aliphatic heterocycles. The molecule has 4 heteroatoms. The third kappa shape index (κ3) is 2.58. The van der Waals surface area contributed by atoms with Gasteiger partial charge in [0.2, 0.25) is 0 Å². The van der Waals surface area contributed by atoms with Gasteiger partial charge in [-0.2, -0.15) is 0 Å². The summed E-state index contributed by atoms with van der Waals surface area (Å²) in [7, 11) is 0. The maximum absolute atomic E-state index is 12.1. The van der Waals surface area contributed by atoms with Crippen molar-refractivity contribution in [2.24, 2.45) is 0 Å². The Morgan fingerprint density at radius 3 is 2.38 bits per heavy atom. The van der Waals surface area contributed by atoms with Gasteiger partial charge in [0, 0.05) is 5.56 Å². The Balaban J connectivity index is 2.10. The van der Waals surface area contributed by atoms with Crippen LogP contribution in [0.3, 0.4) is 0 Å². The maximum atomic E-state index is 12.1. The lowest BCUT2D eigenvalue weighted by Crippen LogP contribution is -2.15. The van der Waals surface area contributed by atoms with Crippen LogP contribution in [0.2, 0.25) is 0 Å². The normalized spacial score (nSPS) is 11.8. The van der Waals surface area contributed by atoms with Gasteiger partial charge in [0.25, 0.3) is 5.56 Å². The molecule has 1 aromatic heterocycles. The molecule has 0 radical (unpaired) electrons. The van der Waals surface area contributed by atoms with E-state index in [1.54, 1.807) is 19.9 Å². The SMILES string of the molecule is CC(C)(O)c1ccc(-c2nc3ccccc3c(=O)[nH]2)cc1. The molecule has 2 N–H and O–H groups in total. The van der Waals surface area contributed by atoms with Gasteiger partial charge in [-0.15, -0.1) is 0 Å². The van der Waals surface area contributed by atoms with E-state index in [0.717, 1.165) is 11.1 Å². The lowest BCUT2D eigenvalue weighted by molar-refractivity contribution is 0.0786. The molecule has 0 bridgehead atoms. The van der Waals surface area contributed by atoms with Crippen LogP contribution in [0.25, 0.3) is 22.3 Å². The number of rotatable bonds is 2. The zero-order chi connectivity index (χ0) is 15.0. The number of nitrogens with zero attached hydrogens (tertiary/aromatic N) is 1. The summed E-state index contributed by atoms with van der Waals surface area (Å²) in [5.74, 6) is 0.529. The van der Waals surface area contributed by atoms with E-state index in [1.807, 2.05) is 42.5 Å². The lowest BCUT2D eigenvalue weighted by Gasteiger charge is -2.17. The second-order valence-corrected chi connectivity index (χ2v) is 5.57. The van der Waals surface area contributed by atoms with Gasteiger partial charge >= 0.3 is 0 Å². The Bertz CT molecular complexity index is 843. The van der Waals surface area contributed by atoms with Crippen molar-refractivity contribution in [1.82, 2.24) is 9.97 Å². The molecular formula is C17H16N2O2. The van der Waals surface area contributed by atoms with Crippen LogP contribution < -0.4 is 5.56 Å². The molecule has 0 fully saturated rings. The van der Waals surface area contributed by atoms with Crippen molar-refractivity contribution < 1.29 is 5.11 Å². The third-order valence-corrected chi connectivity index (χ3v) is 3.48. The van der Waals surface area contributed by atoms with Crippen LogP contribution in [0.15, 0.2) is 53.3 Å². The van der Waals surface area contributed by atoms with Crippen molar-refractivity contribution in [3.8, 4) is 11.4 Å². The number of aromatic nitrogens is 2. The summed E-state index contributed by atoms with van der Waals surface area (Å²) in [5, 5.41) is 10.5. The first kappa shape index (κ1) is 13.5. The second kappa shape index (κ2) is 4.82. The van der Waals surface area contributed by atoms with Gasteiger partial charge in [-0.25, -0.2) is 4.98 Å². The number of benzene rings is 2. The Labute approximate surface area is 122 Å². The number of H-pyrrole nitrogens is 1. The summed E-state index contributed by atoms with van der Waals surface area (Å²) in [6, 6.07) is 14.6. The van der Waals surface area contributed by atoms with Gasteiger partial charge in [0.1, 0.15) is 5.82 Å². The van der Waals surface area contributed by atoms with E-state index in [-0.39, 0.29) is 5.56 Å². The molecule has 21 heavy (non-hydrogen) atoms. The Kier molecular flexibility index (Phi) is 3.11. The first-order valence-corrected chi connectivity index (χ1v) is 6.77. The zero-order valence-electron chi connectivity index (χ0n) is 11.9. The highest BCUT2D eigenvalue weighted by atomic mass is 16.3. The minimum absolute atomic E-state index is 0.151. The summed E-state index contributed by atoms with van der Waals surface area (Å²) in [6.07, 6.45) is 0. The van der Waals surface area contributed by atoms with Crippen LogP contribution in [-0.2, 0) is 5.60 Å². The molecule has 106 valence electrons. The zero-order valence-corrected chi connectivity index (χ0v) is 11.9. The van der Waals surface area contributed by atoms with Gasteiger partial charge in [-0.05, 0) is 31.5 Å². The van der Waals surface area contributed by atoms with Crippen LogP contribution in [0.5, 0.6) is 0 Å². The predicted molar refractivity (Wildman–Crippen MR) is 83.0 cm³/mol. The predicted octanol–water partition coefficient (Wildman–Crippen LogP) is 2.82. The average molecular weight is 280 g/mol. The van der Waals surface area contributed by atoms with E-state index >= 15 is 0 Å². The van der Waals surface area contributed by atoms with E-state index in [9.17, 15) is 9.90 Å². The summed E-state index contributed by atoms with van der Waals surface area (Å²) in [4.78, 5) is 19.3. The van der Waals surface area contributed by atoms with Crippen molar-refractivity contribution in [3.63, 3.8) is 0 Å². The average Bonchev–Trinajstić information content (AvgIpc) is 2.46. The topological polar surface area (TPSA) is 66.0 Å². The van der Waals surface area contributed by atoms with E-state index in [2.05, 4.69) is 9.97 Å². The molecule has 2 aromatic carbocycles. The molecule has 3 rings (SSSR count). The highest BCUT2D eigenvalue weighted by molar-refractivity contribution is 5.79. The standard InChI is InChI=1S/C17H16N2O2/c1-17(2,21)12-9-7-11(8-10-12)15-18-14-6-4-3-5-13(14)16(20)19-15/h3-10,21H,1-2H3,(H,18,19,20). The molecule has 0 atom stereocenters. The van der Waals surface area contributed by atoms with E-state index in [1.165, 1.54) is 0 Å². The largest absolute Gasteiger partial charge is 0.386 e. The van der Waals surface area contributed by atoms with Crippen molar-refractivity contribution in [1.29, 1.82) is 0 Å². The van der Waals surface area contributed by atoms with Crippen LogP contribution in [0.4, 0.5) is 0 Å². The fourth-order valence-corrected chi connectivity index (χ4v) is 2.26. The van der Waals surface area contributed by atoms with Crippen LogP contribution in [-0.4, -0.2) is 15.1 Å². The van der Waals surface area contributed by atoms with Crippen LogP contribution >= 0.6 is 0 Å². The van der Waals surface area contributed by atoms with Gasteiger partial charge in [-0.1, -0.05) is 36.4 Å². The quantitative estimate of drug-likeness (QED) is 0.758. The monoisotopic (exact) mass is 280 g/mol. The van der Waals surface area contributed by atoms with Gasteiger partial charge in [0.05, 0.1) is 16.5 Å². The molecule has 0 spiro atoms. The van der Waals surface area contributed by atoms with E-state index in [0.29, 0.717) is 16.7 Å². The Morgan fingerprint density at radius 2 is 1.71 bits per heavy atom. The van der Waals surface area contributed by atoms with Crippen molar-refractivity contribution in [2.45, 2.75) is 19.4 Å². The number of hydrogen-bond donors (Lipinski definition) is 2. The number of fused-ring (bicyclic) bond motifs is 1. The molecule has 3 aromatic rings. The van der Waals surface area contributed by atoms with E-state index < -0.39 is 5.60 Å². The minimum atomic E-state index is -0.886. The summed E-state index contributed by atoms with van der Waals surface area (Å²) >= 11 is 0. The summed E-state index contributed by atoms with van der Waals surface area (Å²) in [5.41, 5.74) is 1.26. The molecule has 0 saturated carbocycles. The molecular weight excluding hydrogens is 264 g/mol. The van der Waals surface area contributed by atoms with Gasteiger partial charge < -0.3 is 10.1 Å². The molecule has 0 unspecified atom stereocenters. The second-order valence-electron chi connectivity index (χ2n) is 5.57. The smallest absolute Gasteiger partial charge is 0.259 e. The van der Waals surface area contributed by atoms with Gasteiger partial charge in [0.15, 0.2) is 0 Å².